The first-order valence-corrected chi connectivity index (χ1v) is 8.64. The summed E-state index contributed by atoms with van der Waals surface area (Å²) in [6.45, 7) is 8.32. The zero-order chi connectivity index (χ0) is 16.5. The Morgan fingerprint density at radius 2 is 2.13 bits per heavy atom. The van der Waals surface area contributed by atoms with Crippen molar-refractivity contribution in [1.82, 2.24) is 25.4 Å². The van der Waals surface area contributed by atoms with Crippen LogP contribution in [0.4, 0.5) is 0 Å². The molecule has 23 heavy (non-hydrogen) atoms. The highest BCUT2D eigenvalue weighted by Gasteiger charge is 2.15. The van der Waals surface area contributed by atoms with Gasteiger partial charge in [-0.05, 0) is 25.2 Å². The summed E-state index contributed by atoms with van der Waals surface area (Å²) < 4.78 is 7.81. The van der Waals surface area contributed by atoms with E-state index in [2.05, 4.69) is 44.2 Å². The Bertz CT molecular complexity index is 497. The lowest BCUT2D eigenvalue weighted by Gasteiger charge is -2.16. The molecular weight excluding hydrogens is 292 g/mol. The third kappa shape index (κ3) is 5.82. The Balaban J connectivity index is 1.66. The van der Waals surface area contributed by atoms with Crippen LogP contribution >= 0.6 is 0 Å². The van der Waals surface area contributed by atoms with E-state index in [1.807, 2.05) is 0 Å². The lowest BCUT2D eigenvalue weighted by molar-refractivity contribution is 0.128. The zero-order valence-corrected chi connectivity index (χ0v) is 14.6. The molecule has 0 unspecified atom stereocenters. The molecule has 0 spiro atoms. The third-order valence-corrected chi connectivity index (χ3v) is 3.95. The van der Waals surface area contributed by atoms with Crippen LogP contribution in [0.2, 0.25) is 0 Å². The lowest BCUT2D eigenvalue weighted by atomic mass is 10.1. The number of aliphatic imine (C=N–C) groups is 1. The van der Waals surface area contributed by atoms with Gasteiger partial charge >= 0.3 is 0 Å². The smallest absolute Gasteiger partial charge is 0.191 e. The second-order valence-electron chi connectivity index (χ2n) is 6.29. The summed E-state index contributed by atoms with van der Waals surface area (Å²) in [7, 11) is 1.77. The minimum Gasteiger partial charge on any atom is -0.380 e. The minimum atomic E-state index is 0.640. The number of hydrogen-bond donors (Lipinski definition) is 2. The summed E-state index contributed by atoms with van der Waals surface area (Å²) in [4.78, 5) is 4.23. The van der Waals surface area contributed by atoms with E-state index in [4.69, 9.17) is 4.74 Å². The summed E-state index contributed by atoms with van der Waals surface area (Å²) in [6.07, 6.45) is 4.56. The van der Waals surface area contributed by atoms with Crippen molar-refractivity contribution in [2.24, 2.45) is 10.9 Å². The van der Waals surface area contributed by atoms with E-state index in [1.54, 1.807) is 7.05 Å². The number of hydrogen-bond acceptors (Lipinski definition) is 4. The average Bonchev–Trinajstić information content (AvgIpc) is 2.96. The van der Waals surface area contributed by atoms with Crippen LogP contribution in [-0.4, -0.2) is 47.5 Å². The van der Waals surface area contributed by atoms with Gasteiger partial charge in [0.05, 0.1) is 13.2 Å². The van der Waals surface area contributed by atoms with Crippen LogP contribution in [0.3, 0.4) is 0 Å². The van der Waals surface area contributed by atoms with Gasteiger partial charge in [-0.2, -0.15) is 0 Å². The van der Waals surface area contributed by atoms with Gasteiger partial charge in [0.1, 0.15) is 5.82 Å². The SMILES string of the molecule is CN=C(NCCOCCC(C)C)NCc1nnc2n1CCCC2. The number of nitrogens with zero attached hydrogens (tertiary/aromatic N) is 4. The highest BCUT2D eigenvalue weighted by Crippen LogP contribution is 2.13. The summed E-state index contributed by atoms with van der Waals surface area (Å²) in [5.74, 6) is 3.54. The first-order chi connectivity index (χ1) is 11.2. The largest absolute Gasteiger partial charge is 0.380 e. The molecule has 1 aromatic heterocycles. The molecule has 1 aromatic rings. The predicted molar refractivity (Wildman–Crippen MR) is 91.4 cm³/mol. The topological polar surface area (TPSA) is 76.4 Å². The van der Waals surface area contributed by atoms with Crippen molar-refractivity contribution < 1.29 is 4.74 Å². The molecule has 0 aliphatic carbocycles. The number of fused-ring (bicyclic) bond motifs is 1. The Hall–Kier alpha value is -1.63. The summed E-state index contributed by atoms with van der Waals surface area (Å²) in [6, 6.07) is 0. The van der Waals surface area contributed by atoms with Crippen LogP contribution < -0.4 is 10.6 Å². The normalized spacial score (nSPS) is 14.9. The van der Waals surface area contributed by atoms with Crippen LogP contribution in [0.25, 0.3) is 0 Å². The molecule has 0 aromatic carbocycles. The molecule has 0 radical (unpaired) electrons. The Kier molecular flexibility index (Phi) is 7.32. The van der Waals surface area contributed by atoms with Crippen LogP contribution in [0, 0.1) is 5.92 Å². The lowest BCUT2D eigenvalue weighted by Crippen LogP contribution is -2.39. The van der Waals surface area contributed by atoms with E-state index < -0.39 is 0 Å². The number of aromatic nitrogens is 3. The number of ether oxygens (including phenoxy) is 1. The van der Waals surface area contributed by atoms with Crippen molar-refractivity contribution in [2.75, 3.05) is 26.8 Å². The standard InChI is InChI=1S/C16H30N6O/c1-13(2)7-10-23-11-8-18-16(17-3)19-12-15-21-20-14-6-4-5-9-22(14)15/h13H,4-12H2,1-3H3,(H2,17,18,19). The molecule has 1 aliphatic rings. The average molecular weight is 322 g/mol. The summed E-state index contributed by atoms with van der Waals surface area (Å²) in [5.41, 5.74) is 0. The van der Waals surface area contributed by atoms with Gasteiger partial charge in [0, 0.05) is 33.2 Å². The van der Waals surface area contributed by atoms with Crippen molar-refractivity contribution in [1.29, 1.82) is 0 Å². The van der Waals surface area contributed by atoms with Gasteiger partial charge in [0.25, 0.3) is 0 Å². The molecule has 0 amide bonds. The number of aryl methyl sites for hydroxylation is 1. The molecule has 0 atom stereocenters. The first kappa shape index (κ1) is 17.7. The van der Waals surface area contributed by atoms with E-state index >= 15 is 0 Å². The highest BCUT2D eigenvalue weighted by atomic mass is 16.5. The van der Waals surface area contributed by atoms with Crippen molar-refractivity contribution in [3.63, 3.8) is 0 Å². The molecule has 130 valence electrons. The summed E-state index contributed by atoms with van der Waals surface area (Å²) >= 11 is 0. The van der Waals surface area contributed by atoms with Gasteiger partial charge < -0.3 is 19.9 Å². The molecule has 1 aliphatic heterocycles. The van der Waals surface area contributed by atoms with Crippen LogP contribution in [0.15, 0.2) is 4.99 Å². The molecule has 2 heterocycles. The maximum Gasteiger partial charge on any atom is 0.191 e. The number of rotatable bonds is 8. The van der Waals surface area contributed by atoms with Crippen LogP contribution in [0.5, 0.6) is 0 Å². The molecule has 2 N–H and O–H groups in total. The molecule has 2 rings (SSSR count). The predicted octanol–water partition coefficient (Wildman–Crippen LogP) is 1.34. The molecule has 7 heteroatoms. The van der Waals surface area contributed by atoms with Crippen molar-refractivity contribution in [3.05, 3.63) is 11.6 Å². The highest BCUT2D eigenvalue weighted by molar-refractivity contribution is 5.79. The fourth-order valence-electron chi connectivity index (χ4n) is 2.55. The molecule has 0 fully saturated rings. The van der Waals surface area contributed by atoms with Crippen LogP contribution in [0.1, 0.15) is 44.8 Å². The first-order valence-electron chi connectivity index (χ1n) is 8.64. The van der Waals surface area contributed by atoms with E-state index in [9.17, 15) is 0 Å². The molecule has 0 saturated carbocycles. The fourth-order valence-corrected chi connectivity index (χ4v) is 2.55. The van der Waals surface area contributed by atoms with Gasteiger partial charge in [-0.1, -0.05) is 13.8 Å². The van der Waals surface area contributed by atoms with E-state index in [1.165, 1.54) is 12.8 Å². The van der Waals surface area contributed by atoms with Gasteiger partial charge in [-0.25, -0.2) is 0 Å². The molecule has 7 nitrogen and oxygen atoms in total. The van der Waals surface area contributed by atoms with Gasteiger partial charge in [-0.15, -0.1) is 10.2 Å². The Labute approximate surface area is 138 Å². The second kappa shape index (κ2) is 9.50. The van der Waals surface area contributed by atoms with Crippen molar-refractivity contribution >= 4 is 5.96 Å². The number of nitrogens with one attached hydrogen (secondary N) is 2. The Morgan fingerprint density at radius 1 is 1.26 bits per heavy atom. The molecular formula is C16H30N6O. The van der Waals surface area contributed by atoms with Gasteiger partial charge in [-0.3, -0.25) is 4.99 Å². The Morgan fingerprint density at radius 3 is 2.91 bits per heavy atom. The quantitative estimate of drug-likeness (QED) is 0.429. The van der Waals surface area contributed by atoms with E-state index in [0.29, 0.717) is 19.1 Å². The van der Waals surface area contributed by atoms with Crippen LogP contribution in [-0.2, 0) is 24.2 Å². The number of guanidine groups is 1. The molecule has 0 saturated heterocycles. The second-order valence-corrected chi connectivity index (χ2v) is 6.29. The zero-order valence-electron chi connectivity index (χ0n) is 14.6. The molecule has 0 bridgehead atoms. The van der Waals surface area contributed by atoms with Crippen molar-refractivity contribution in [3.8, 4) is 0 Å². The van der Waals surface area contributed by atoms with Crippen molar-refractivity contribution in [2.45, 2.75) is 52.6 Å². The maximum absolute atomic E-state index is 5.59. The minimum absolute atomic E-state index is 0.640. The van der Waals surface area contributed by atoms with E-state index in [-0.39, 0.29) is 0 Å². The monoisotopic (exact) mass is 322 g/mol. The van der Waals surface area contributed by atoms with E-state index in [0.717, 1.165) is 50.1 Å². The van der Waals surface area contributed by atoms with Gasteiger partial charge in [0.2, 0.25) is 0 Å². The fraction of sp³-hybridized carbons (Fsp3) is 0.812. The van der Waals surface area contributed by atoms with Gasteiger partial charge in [0.15, 0.2) is 11.8 Å². The maximum atomic E-state index is 5.59. The summed E-state index contributed by atoms with van der Waals surface area (Å²) in [5, 5.41) is 15.1. The third-order valence-electron chi connectivity index (χ3n) is 3.95.